The fraction of sp³-hybridized carbons (Fsp3) is 0.400. The number of carbonyl (C=O) groups is 3. The first-order valence-corrected chi connectivity index (χ1v) is 10.7. The van der Waals surface area contributed by atoms with Crippen molar-refractivity contribution in [1.29, 1.82) is 0 Å². The molecule has 0 saturated carbocycles. The molecule has 1 heterocycles. The summed E-state index contributed by atoms with van der Waals surface area (Å²) in [4.78, 5) is 39.9. The van der Waals surface area contributed by atoms with Crippen molar-refractivity contribution in [2.45, 2.75) is 58.2 Å². The number of hydrogen-bond acceptors (Lipinski definition) is 5. The van der Waals surface area contributed by atoms with Gasteiger partial charge < -0.3 is 14.8 Å². The molecule has 3 amide bonds. The van der Waals surface area contributed by atoms with Gasteiger partial charge in [-0.15, -0.1) is 0 Å². The Kier molecular flexibility index (Phi) is 6.87. The van der Waals surface area contributed by atoms with Crippen molar-refractivity contribution >= 4 is 18.1 Å². The SMILES string of the molecule is Cc1ccc([C@H](C)[C@H](NC(=O)OC(C)(C)C)C(=O)N2C(=O)OC[C@H]2c2ccccc2)cc1. The first kappa shape index (κ1) is 23.3. The Bertz CT molecular complexity index is 966. The Morgan fingerprint density at radius 3 is 2.31 bits per heavy atom. The molecule has 7 heteroatoms. The van der Waals surface area contributed by atoms with Crippen LogP contribution in [0.3, 0.4) is 0 Å². The normalized spacial score (nSPS) is 18.0. The highest BCUT2D eigenvalue weighted by atomic mass is 16.6. The van der Waals surface area contributed by atoms with Gasteiger partial charge in [0.2, 0.25) is 0 Å². The van der Waals surface area contributed by atoms with Gasteiger partial charge in [0.15, 0.2) is 0 Å². The molecule has 1 fully saturated rings. The molecule has 3 atom stereocenters. The number of alkyl carbamates (subject to hydrolysis) is 1. The number of benzene rings is 2. The van der Waals surface area contributed by atoms with Crippen LogP contribution in [0.25, 0.3) is 0 Å². The summed E-state index contributed by atoms with van der Waals surface area (Å²) in [6.45, 7) is 9.11. The van der Waals surface area contributed by atoms with Gasteiger partial charge in [0, 0.05) is 5.92 Å². The minimum absolute atomic E-state index is 0.0622. The fourth-order valence-electron chi connectivity index (χ4n) is 3.63. The molecular weight excluding hydrogens is 408 g/mol. The predicted octanol–water partition coefficient (Wildman–Crippen LogP) is 4.71. The average Bonchev–Trinajstić information content (AvgIpc) is 3.12. The number of rotatable bonds is 5. The third-order valence-electron chi connectivity index (χ3n) is 5.34. The lowest BCUT2D eigenvalue weighted by Crippen LogP contribution is -2.52. The summed E-state index contributed by atoms with van der Waals surface area (Å²) in [6, 6.07) is 15.3. The fourth-order valence-corrected chi connectivity index (χ4v) is 3.63. The Morgan fingerprint density at radius 2 is 1.72 bits per heavy atom. The highest BCUT2D eigenvalue weighted by molar-refractivity contribution is 5.98. The maximum absolute atomic E-state index is 13.7. The van der Waals surface area contributed by atoms with Gasteiger partial charge in [-0.3, -0.25) is 4.79 Å². The van der Waals surface area contributed by atoms with E-state index >= 15 is 0 Å². The molecule has 7 nitrogen and oxygen atoms in total. The second-order valence-electron chi connectivity index (χ2n) is 9.03. The monoisotopic (exact) mass is 438 g/mol. The van der Waals surface area contributed by atoms with Crippen LogP contribution in [0.1, 0.15) is 56.3 Å². The molecule has 1 aliphatic rings. The number of aryl methyl sites for hydroxylation is 1. The van der Waals surface area contributed by atoms with Crippen LogP contribution >= 0.6 is 0 Å². The molecule has 2 aromatic rings. The predicted molar refractivity (Wildman–Crippen MR) is 120 cm³/mol. The average molecular weight is 439 g/mol. The Hall–Kier alpha value is -3.35. The summed E-state index contributed by atoms with van der Waals surface area (Å²) < 4.78 is 10.6. The Morgan fingerprint density at radius 1 is 1.09 bits per heavy atom. The highest BCUT2D eigenvalue weighted by Gasteiger charge is 2.44. The van der Waals surface area contributed by atoms with Gasteiger partial charge in [-0.05, 0) is 38.8 Å². The number of nitrogens with zero attached hydrogens (tertiary/aromatic N) is 1. The summed E-state index contributed by atoms with van der Waals surface area (Å²) in [5, 5.41) is 2.70. The topological polar surface area (TPSA) is 84.9 Å². The van der Waals surface area contributed by atoms with Gasteiger partial charge in [-0.2, -0.15) is 0 Å². The molecule has 0 radical (unpaired) electrons. The molecule has 0 spiro atoms. The lowest BCUT2D eigenvalue weighted by atomic mass is 9.91. The molecule has 2 aromatic carbocycles. The smallest absolute Gasteiger partial charge is 0.417 e. The van der Waals surface area contributed by atoms with Crippen molar-refractivity contribution in [3.05, 3.63) is 71.3 Å². The zero-order valence-corrected chi connectivity index (χ0v) is 19.1. The number of imide groups is 1. The summed E-state index contributed by atoms with van der Waals surface area (Å²) >= 11 is 0. The molecule has 1 aliphatic heterocycles. The number of ether oxygens (including phenoxy) is 2. The maximum atomic E-state index is 13.7. The molecule has 1 N–H and O–H groups in total. The standard InChI is InChI=1S/C25H30N2O5/c1-16-11-13-18(14-12-16)17(2)21(26-23(29)32-25(3,4)5)22(28)27-20(15-31-24(27)30)19-9-7-6-8-10-19/h6-14,17,20-21H,15H2,1-5H3,(H,26,29)/t17-,20-,21-/m0/s1. The molecule has 170 valence electrons. The molecule has 1 saturated heterocycles. The number of amides is 3. The van der Waals surface area contributed by atoms with Crippen LogP contribution in [0.15, 0.2) is 54.6 Å². The van der Waals surface area contributed by atoms with Crippen molar-refractivity contribution in [3.63, 3.8) is 0 Å². The molecule has 0 unspecified atom stereocenters. The Labute approximate surface area is 188 Å². The lowest BCUT2D eigenvalue weighted by molar-refractivity contribution is -0.132. The van der Waals surface area contributed by atoms with Crippen molar-refractivity contribution in [2.75, 3.05) is 6.61 Å². The second-order valence-corrected chi connectivity index (χ2v) is 9.03. The van der Waals surface area contributed by atoms with E-state index in [0.717, 1.165) is 21.6 Å². The Balaban J connectivity index is 1.93. The summed E-state index contributed by atoms with van der Waals surface area (Å²) in [5.74, 6) is -0.958. The molecule has 0 bridgehead atoms. The van der Waals surface area contributed by atoms with Crippen molar-refractivity contribution < 1.29 is 23.9 Å². The largest absolute Gasteiger partial charge is 0.446 e. The zero-order chi connectivity index (χ0) is 23.5. The third-order valence-corrected chi connectivity index (χ3v) is 5.34. The van der Waals surface area contributed by atoms with E-state index in [0.29, 0.717) is 0 Å². The van der Waals surface area contributed by atoms with E-state index in [9.17, 15) is 14.4 Å². The van der Waals surface area contributed by atoms with E-state index in [1.165, 1.54) is 0 Å². The van der Waals surface area contributed by atoms with Crippen LogP contribution in [-0.4, -0.2) is 41.2 Å². The highest BCUT2D eigenvalue weighted by Crippen LogP contribution is 2.31. The van der Waals surface area contributed by atoms with Gasteiger partial charge in [-0.1, -0.05) is 67.1 Å². The van der Waals surface area contributed by atoms with Crippen LogP contribution in [0.2, 0.25) is 0 Å². The molecule has 0 aliphatic carbocycles. The number of nitrogens with one attached hydrogen (secondary N) is 1. The van der Waals surface area contributed by atoms with Crippen molar-refractivity contribution in [2.24, 2.45) is 0 Å². The minimum Gasteiger partial charge on any atom is -0.446 e. The maximum Gasteiger partial charge on any atom is 0.417 e. The number of carbonyl (C=O) groups excluding carboxylic acids is 3. The van der Waals surface area contributed by atoms with Gasteiger partial charge in [0.1, 0.15) is 24.3 Å². The summed E-state index contributed by atoms with van der Waals surface area (Å²) in [6.07, 6.45) is -1.45. The number of hydrogen-bond donors (Lipinski definition) is 1. The zero-order valence-electron chi connectivity index (χ0n) is 19.1. The van der Waals surface area contributed by atoms with Crippen molar-refractivity contribution in [1.82, 2.24) is 10.2 Å². The van der Waals surface area contributed by atoms with Crippen molar-refractivity contribution in [3.8, 4) is 0 Å². The van der Waals surface area contributed by atoms with E-state index in [1.807, 2.05) is 68.4 Å². The summed E-state index contributed by atoms with van der Waals surface area (Å²) in [5.41, 5.74) is 1.99. The van der Waals surface area contributed by atoms with Gasteiger partial charge in [-0.25, -0.2) is 14.5 Å². The second kappa shape index (κ2) is 9.42. The lowest BCUT2D eigenvalue weighted by Gasteiger charge is -2.30. The number of cyclic esters (lactones) is 1. The van der Waals surface area contributed by atoms with E-state index in [2.05, 4.69) is 5.32 Å². The van der Waals surface area contributed by atoms with E-state index in [4.69, 9.17) is 9.47 Å². The first-order valence-electron chi connectivity index (χ1n) is 10.7. The van der Waals surface area contributed by atoms with E-state index in [-0.39, 0.29) is 6.61 Å². The third kappa shape index (κ3) is 5.46. The van der Waals surface area contributed by atoms with Crippen LogP contribution in [-0.2, 0) is 14.3 Å². The molecule has 32 heavy (non-hydrogen) atoms. The molecule has 3 rings (SSSR count). The van der Waals surface area contributed by atoms with Gasteiger partial charge in [0.05, 0.1) is 0 Å². The molecule has 0 aromatic heterocycles. The van der Waals surface area contributed by atoms with Crippen LogP contribution in [0, 0.1) is 6.92 Å². The van der Waals surface area contributed by atoms with Gasteiger partial charge in [0.25, 0.3) is 5.91 Å². The van der Waals surface area contributed by atoms with Crippen LogP contribution in [0.5, 0.6) is 0 Å². The van der Waals surface area contributed by atoms with Crippen LogP contribution in [0.4, 0.5) is 9.59 Å². The quantitative estimate of drug-likeness (QED) is 0.731. The summed E-state index contributed by atoms with van der Waals surface area (Å²) in [7, 11) is 0. The van der Waals surface area contributed by atoms with Gasteiger partial charge >= 0.3 is 12.2 Å². The van der Waals surface area contributed by atoms with Crippen LogP contribution < -0.4 is 5.32 Å². The minimum atomic E-state index is -1.02. The molecular formula is C25H30N2O5. The first-order chi connectivity index (χ1) is 15.1. The van der Waals surface area contributed by atoms with E-state index in [1.54, 1.807) is 20.8 Å². The van der Waals surface area contributed by atoms with E-state index < -0.39 is 41.7 Å².